The van der Waals surface area contributed by atoms with Gasteiger partial charge in [-0.3, -0.25) is 14.3 Å². The highest BCUT2D eigenvalue weighted by molar-refractivity contribution is 7.89. The van der Waals surface area contributed by atoms with E-state index in [4.69, 9.17) is 0 Å². The summed E-state index contributed by atoms with van der Waals surface area (Å²) in [6, 6.07) is 13.1. The number of hydrogen-bond acceptors (Lipinski definition) is 6. The van der Waals surface area contributed by atoms with Crippen molar-refractivity contribution in [3.05, 3.63) is 70.7 Å². The Labute approximate surface area is 179 Å². The van der Waals surface area contributed by atoms with Gasteiger partial charge >= 0.3 is 5.76 Å². The highest BCUT2D eigenvalue weighted by atomic mass is 32.2. The van der Waals surface area contributed by atoms with E-state index in [1.165, 1.54) is 22.5 Å². The molecule has 1 aromatic heterocycles. The number of aromatic nitrogens is 2. The van der Waals surface area contributed by atoms with Crippen molar-refractivity contribution in [3.63, 3.8) is 0 Å². The zero-order valence-electron chi connectivity index (χ0n) is 17.0. The van der Waals surface area contributed by atoms with Gasteiger partial charge in [-0.1, -0.05) is 43.3 Å². The van der Waals surface area contributed by atoms with Gasteiger partial charge in [0.1, 0.15) is 0 Å². The molecule has 0 radical (unpaired) electrons. The molecule has 3 aromatic rings. The van der Waals surface area contributed by atoms with Crippen LogP contribution in [0.2, 0.25) is 0 Å². The zero-order valence-corrected chi connectivity index (χ0v) is 17.8. The molecule has 31 heavy (non-hydrogen) atoms. The molecule has 0 saturated carbocycles. The van der Waals surface area contributed by atoms with E-state index in [9.17, 15) is 18.0 Å². The van der Waals surface area contributed by atoms with E-state index < -0.39 is 15.8 Å². The number of benzene rings is 2. The standard InChI is InChI=1S/C21H22N4O5S/c1-3-25(4-2)31(28,29)18-11-8-15(9-12-18)10-13-19(26)22-17-7-5-6-16(14-17)20-23-21(27)30-24-20/h5-14H,3-4H2,1-2H3,(H,22,26)(H,23,24,27)/b13-10+. The van der Waals surface area contributed by atoms with Gasteiger partial charge in [0, 0.05) is 30.4 Å². The number of nitrogens with one attached hydrogen (secondary N) is 2. The minimum absolute atomic E-state index is 0.209. The van der Waals surface area contributed by atoms with Crippen LogP contribution >= 0.6 is 0 Å². The Kier molecular flexibility index (Phi) is 6.83. The van der Waals surface area contributed by atoms with E-state index >= 15 is 0 Å². The number of carbonyl (C=O) groups excluding carboxylic acids is 1. The molecular weight excluding hydrogens is 420 g/mol. The molecule has 0 aliphatic heterocycles. The summed E-state index contributed by atoms with van der Waals surface area (Å²) in [7, 11) is -3.52. The fourth-order valence-corrected chi connectivity index (χ4v) is 4.38. The van der Waals surface area contributed by atoms with Gasteiger partial charge in [0.2, 0.25) is 15.9 Å². The second kappa shape index (κ2) is 9.54. The van der Waals surface area contributed by atoms with Crippen LogP contribution in [0.5, 0.6) is 0 Å². The van der Waals surface area contributed by atoms with Gasteiger partial charge in [0.15, 0.2) is 5.82 Å². The van der Waals surface area contributed by atoms with Gasteiger partial charge in [-0.15, -0.1) is 0 Å². The maximum absolute atomic E-state index is 12.5. The fourth-order valence-electron chi connectivity index (χ4n) is 2.92. The lowest BCUT2D eigenvalue weighted by atomic mass is 10.2. The Morgan fingerprint density at radius 2 is 1.87 bits per heavy atom. The van der Waals surface area contributed by atoms with Crippen LogP contribution in [0.3, 0.4) is 0 Å². The largest absolute Gasteiger partial charge is 0.439 e. The van der Waals surface area contributed by atoms with E-state index in [1.54, 1.807) is 56.3 Å². The molecule has 0 aliphatic rings. The fraction of sp³-hybridized carbons (Fsp3) is 0.190. The number of nitrogens with zero attached hydrogens (tertiary/aromatic N) is 2. The Morgan fingerprint density at radius 1 is 1.16 bits per heavy atom. The zero-order chi connectivity index (χ0) is 22.4. The highest BCUT2D eigenvalue weighted by Gasteiger charge is 2.20. The van der Waals surface area contributed by atoms with Crippen molar-refractivity contribution < 1.29 is 17.7 Å². The Bertz CT molecular complexity index is 1240. The first-order chi connectivity index (χ1) is 14.8. The third kappa shape index (κ3) is 5.36. The number of carbonyl (C=O) groups is 1. The highest BCUT2D eigenvalue weighted by Crippen LogP contribution is 2.19. The minimum atomic E-state index is -3.52. The average molecular weight is 442 g/mol. The molecule has 0 aliphatic carbocycles. The molecule has 2 aromatic carbocycles. The van der Waals surface area contributed by atoms with Crippen LogP contribution < -0.4 is 11.1 Å². The molecular formula is C21H22N4O5S. The average Bonchev–Trinajstić information content (AvgIpc) is 3.20. The molecule has 0 spiro atoms. The molecule has 1 heterocycles. The van der Waals surface area contributed by atoms with Crippen LogP contribution in [0.4, 0.5) is 5.69 Å². The van der Waals surface area contributed by atoms with Gasteiger partial charge in [-0.2, -0.15) is 4.31 Å². The van der Waals surface area contributed by atoms with Crippen LogP contribution in [-0.4, -0.2) is 41.9 Å². The van der Waals surface area contributed by atoms with E-state index in [0.29, 0.717) is 29.9 Å². The summed E-state index contributed by atoms with van der Waals surface area (Å²) in [5.41, 5.74) is 1.77. The van der Waals surface area contributed by atoms with Crippen molar-refractivity contribution in [1.82, 2.24) is 14.4 Å². The number of anilines is 1. The van der Waals surface area contributed by atoms with Crippen molar-refractivity contribution in [2.75, 3.05) is 18.4 Å². The third-order valence-corrected chi connectivity index (χ3v) is 6.56. The van der Waals surface area contributed by atoms with Crippen LogP contribution in [0.25, 0.3) is 17.5 Å². The first-order valence-corrected chi connectivity index (χ1v) is 11.0. The van der Waals surface area contributed by atoms with E-state index in [0.717, 1.165) is 0 Å². The Hall–Kier alpha value is -3.50. The molecule has 1 amide bonds. The molecule has 162 valence electrons. The van der Waals surface area contributed by atoms with Gasteiger partial charge in [0.05, 0.1) is 4.90 Å². The summed E-state index contributed by atoms with van der Waals surface area (Å²) >= 11 is 0. The van der Waals surface area contributed by atoms with Crippen molar-refractivity contribution in [2.24, 2.45) is 0 Å². The van der Waals surface area contributed by atoms with Crippen molar-refractivity contribution in [3.8, 4) is 11.4 Å². The van der Waals surface area contributed by atoms with Crippen molar-refractivity contribution in [1.29, 1.82) is 0 Å². The topological polar surface area (TPSA) is 125 Å². The maximum Gasteiger partial charge on any atom is 0.439 e. The Balaban J connectivity index is 1.67. The first-order valence-electron chi connectivity index (χ1n) is 9.59. The van der Waals surface area contributed by atoms with Gasteiger partial charge in [-0.05, 0) is 35.9 Å². The van der Waals surface area contributed by atoms with E-state index in [1.807, 2.05) is 0 Å². The molecule has 2 N–H and O–H groups in total. The predicted molar refractivity (Wildman–Crippen MR) is 117 cm³/mol. The molecule has 3 rings (SSSR count). The molecule has 0 bridgehead atoms. The molecule has 0 unspecified atom stereocenters. The summed E-state index contributed by atoms with van der Waals surface area (Å²) < 4.78 is 30.9. The van der Waals surface area contributed by atoms with Crippen LogP contribution in [0, 0.1) is 0 Å². The minimum Gasteiger partial charge on any atom is -0.322 e. The van der Waals surface area contributed by atoms with Crippen LogP contribution in [-0.2, 0) is 14.8 Å². The number of sulfonamides is 1. The van der Waals surface area contributed by atoms with E-state index in [2.05, 4.69) is 20.0 Å². The maximum atomic E-state index is 12.5. The lowest BCUT2D eigenvalue weighted by Gasteiger charge is -2.18. The molecule has 0 atom stereocenters. The molecule has 0 fully saturated rings. The number of H-pyrrole nitrogens is 1. The number of aromatic amines is 1. The number of hydrogen-bond donors (Lipinski definition) is 2. The van der Waals surface area contributed by atoms with Gasteiger partial charge in [0.25, 0.3) is 0 Å². The smallest absolute Gasteiger partial charge is 0.322 e. The monoisotopic (exact) mass is 442 g/mol. The molecule has 9 nitrogen and oxygen atoms in total. The van der Waals surface area contributed by atoms with E-state index in [-0.39, 0.29) is 16.6 Å². The second-order valence-corrected chi connectivity index (χ2v) is 8.44. The van der Waals surface area contributed by atoms with Crippen molar-refractivity contribution >= 4 is 27.7 Å². The second-order valence-electron chi connectivity index (χ2n) is 6.51. The number of rotatable bonds is 8. The van der Waals surface area contributed by atoms with Gasteiger partial charge in [-0.25, -0.2) is 13.2 Å². The molecule has 0 saturated heterocycles. The van der Waals surface area contributed by atoms with Gasteiger partial charge < -0.3 is 5.32 Å². The normalized spacial score (nSPS) is 11.8. The lowest BCUT2D eigenvalue weighted by Crippen LogP contribution is -2.30. The summed E-state index contributed by atoms with van der Waals surface area (Å²) in [4.78, 5) is 26.0. The Morgan fingerprint density at radius 3 is 2.48 bits per heavy atom. The number of amides is 1. The predicted octanol–water partition coefficient (Wildman–Crippen LogP) is 2.71. The summed E-state index contributed by atoms with van der Waals surface area (Å²) in [5.74, 6) is -0.773. The van der Waals surface area contributed by atoms with Crippen LogP contribution in [0.1, 0.15) is 19.4 Å². The first kappa shape index (κ1) is 22.2. The van der Waals surface area contributed by atoms with Crippen molar-refractivity contribution in [2.45, 2.75) is 18.7 Å². The summed E-state index contributed by atoms with van der Waals surface area (Å²) in [6.45, 7) is 4.37. The quantitative estimate of drug-likeness (QED) is 0.517. The SMILES string of the molecule is CCN(CC)S(=O)(=O)c1ccc(/C=C/C(=O)Nc2cccc(-c3noc(=O)[nH]3)c2)cc1. The third-order valence-electron chi connectivity index (χ3n) is 4.49. The lowest BCUT2D eigenvalue weighted by molar-refractivity contribution is -0.111. The molecule has 10 heteroatoms. The summed E-state index contributed by atoms with van der Waals surface area (Å²) in [6.07, 6.45) is 2.93. The van der Waals surface area contributed by atoms with Crippen LogP contribution in [0.15, 0.2) is 68.8 Å². The summed E-state index contributed by atoms with van der Waals surface area (Å²) in [5, 5.41) is 6.33.